The summed E-state index contributed by atoms with van der Waals surface area (Å²) >= 11 is 5.61. The van der Waals surface area contributed by atoms with Crippen LogP contribution in [0.1, 0.15) is 6.92 Å². The summed E-state index contributed by atoms with van der Waals surface area (Å²) in [7, 11) is -2.40. The first-order chi connectivity index (χ1) is 7.27. The lowest BCUT2D eigenvalue weighted by atomic mass is 10.5. The van der Waals surface area contributed by atoms with Gasteiger partial charge in [-0.2, -0.15) is 8.42 Å². The molecule has 0 aromatic carbocycles. The third-order valence-corrected chi connectivity index (χ3v) is 5.71. The molecule has 1 rings (SSSR count). The largest absolute Gasteiger partial charge is 0.347 e. The van der Waals surface area contributed by atoms with E-state index in [0.29, 0.717) is 5.02 Å². The molecule has 0 unspecified atom stereocenters. The summed E-state index contributed by atoms with van der Waals surface area (Å²) < 4.78 is 36.9. The number of nitrogens with zero attached hydrogens (tertiary/aromatic N) is 2. The Morgan fingerprint density at radius 3 is 2.38 bits per heavy atom. The third-order valence-electron chi connectivity index (χ3n) is 1.63. The molecule has 1 heterocycles. The van der Waals surface area contributed by atoms with E-state index in [1.54, 1.807) is 0 Å². The summed E-state index contributed by atoms with van der Waals surface area (Å²) in [5.41, 5.74) is 0. The maximum Gasteiger partial charge on any atom is 0.347 e. The van der Waals surface area contributed by atoms with Crippen molar-refractivity contribution in [2.24, 2.45) is 3.77 Å². The van der Waals surface area contributed by atoms with Gasteiger partial charge in [0.05, 0.1) is 5.02 Å². The van der Waals surface area contributed by atoms with Crippen molar-refractivity contribution in [2.75, 3.05) is 5.75 Å². The Bertz CT molecular complexity index is 589. The first kappa shape index (κ1) is 13.7. The number of halogens is 2. The molecule has 90 valence electrons. The van der Waals surface area contributed by atoms with E-state index in [-0.39, 0.29) is 10.8 Å². The highest BCUT2D eigenvalue weighted by atomic mass is 35.7. The molecule has 0 saturated carbocycles. The normalized spacial score (nSPS) is 15.4. The summed E-state index contributed by atoms with van der Waals surface area (Å²) in [6.07, 6.45) is 1.27. The predicted molar refractivity (Wildman–Crippen MR) is 63.4 cm³/mol. The molecule has 1 aromatic rings. The number of pyridine rings is 1. The standard InChI is InChI=1S/C7H8Cl2N2O3S2/c1-2-15(12,11-16(9,13)14)7-4-3-6(8)5-10-7/h3-5H,2H2,1H3/t15-/m1/s1. The molecule has 0 aliphatic carbocycles. The Morgan fingerprint density at radius 1 is 1.38 bits per heavy atom. The second-order valence-corrected chi connectivity index (χ2v) is 8.03. The van der Waals surface area contributed by atoms with Crippen LogP contribution >= 0.6 is 22.3 Å². The number of rotatable bonds is 3. The Morgan fingerprint density at radius 2 is 2.00 bits per heavy atom. The molecule has 5 nitrogen and oxygen atoms in total. The SMILES string of the molecule is CC[S@](=O)(=NS(=O)(=O)Cl)c1ccc(Cl)cn1. The van der Waals surface area contributed by atoms with E-state index >= 15 is 0 Å². The van der Waals surface area contributed by atoms with E-state index < -0.39 is 19.0 Å². The second kappa shape index (κ2) is 4.87. The summed E-state index contributed by atoms with van der Waals surface area (Å²) in [6, 6.07) is 2.81. The van der Waals surface area contributed by atoms with Crippen molar-refractivity contribution in [1.29, 1.82) is 0 Å². The minimum Gasteiger partial charge on any atom is -0.245 e. The van der Waals surface area contributed by atoms with Crippen molar-refractivity contribution in [3.05, 3.63) is 23.4 Å². The van der Waals surface area contributed by atoms with E-state index in [2.05, 4.69) is 8.75 Å². The van der Waals surface area contributed by atoms with Crippen LogP contribution in [0, 0.1) is 0 Å². The van der Waals surface area contributed by atoms with Crippen LogP contribution in [0.25, 0.3) is 0 Å². The Kier molecular flexibility index (Phi) is 4.17. The van der Waals surface area contributed by atoms with Gasteiger partial charge in [-0.15, -0.1) is 0 Å². The van der Waals surface area contributed by atoms with E-state index in [9.17, 15) is 12.6 Å². The van der Waals surface area contributed by atoms with Crippen molar-refractivity contribution < 1.29 is 12.6 Å². The van der Waals surface area contributed by atoms with Crippen molar-refractivity contribution in [3.8, 4) is 0 Å². The van der Waals surface area contributed by atoms with Gasteiger partial charge in [-0.05, 0) is 12.1 Å². The van der Waals surface area contributed by atoms with Gasteiger partial charge in [-0.25, -0.2) is 9.19 Å². The highest BCUT2D eigenvalue weighted by Crippen LogP contribution is 2.17. The number of hydrogen-bond acceptors (Lipinski definition) is 4. The third kappa shape index (κ3) is 3.58. The minimum atomic E-state index is -4.20. The van der Waals surface area contributed by atoms with Gasteiger partial charge in [0.1, 0.15) is 14.8 Å². The van der Waals surface area contributed by atoms with Crippen LogP contribution in [-0.4, -0.2) is 23.4 Å². The van der Waals surface area contributed by atoms with Gasteiger partial charge in [-0.3, -0.25) is 0 Å². The molecule has 0 bridgehead atoms. The van der Waals surface area contributed by atoms with Crippen molar-refractivity contribution >= 4 is 41.2 Å². The fraction of sp³-hybridized carbons (Fsp3) is 0.286. The quantitative estimate of drug-likeness (QED) is 0.801. The molecule has 1 aromatic heterocycles. The summed E-state index contributed by atoms with van der Waals surface area (Å²) in [5.74, 6) is -0.00637. The molecule has 0 aliphatic heterocycles. The Balaban J connectivity index is 3.43. The lowest BCUT2D eigenvalue weighted by Gasteiger charge is -2.04. The monoisotopic (exact) mass is 302 g/mol. The highest BCUT2D eigenvalue weighted by Gasteiger charge is 2.16. The van der Waals surface area contributed by atoms with Gasteiger partial charge in [0, 0.05) is 22.6 Å². The molecule has 9 heteroatoms. The number of hydrogen-bond donors (Lipinski definition) is 0. The van der Waals surface area contributed by atoms with E-state index in [1.807, 2.05) is 0 Å². The molecule has 0 spiro atoms. The molecule has 0 fully saturated rings. The summed E-state index contributed by atoms with van der Waals surface area (Å²) in [4.78, 5) is 3.78. The molecule has 0 aliphatic rings. The van der Waals surface area contributed by atoms with Gasteiger partial charge < -0.3 is 0 Å². The highest BCUT2D eigenvalue weighted by molar-refractivity contribution is 8.17. The van der Waals surface area contributed by atoms with Crippen LogP contribution in [0.5, 0.6) is 0 Å². The lowest BCUT2D eigenvalue weighted by Crippen LogP contribution is -2.07. The zero-order valence-electron chi connectivity index (χ0n) is 8.13. The van der Waals surface area contributed by atoms with Crippen molar-refractivity contribution in [3.63, 3.8) is 0 Å². The zero-order chi connectivity index (χ0) is 12.4. The fourth-order valence-corrected chi connectivity index (χ4v) is 4.54. The average Bonchev–Trinajstić information content (AvgIpc) is 2.16. The second-order valence-electron chi connectivity index (χ2n) is 2.73. The molecule has 0 amide bonds. The van der Waals surface area contributed by atoms with E-state index in [1.165, 1.54) is 25.3 Å². The first-order valence-electron chi connectivity index (χ1n) is 4.09. The zero-order valence-corrected chi connectivity index (χ0v) is 11.3. The topological polar surface area (TPSA) is 76.5 Å². The maximum atomic E-state index is 12.1. The van der Waals surface area contributed by atoms with Crippen LogP contribution in [0.3, 0.4) is 0 Å². The van der Waals surface area contributed by atoms with Gasteiger partial charge in [0.25, 0.3) is 0 Å². The van der Waals surface area contributed by atoms with Gasteiger partial charge in [0.15, 0.2) is 0 Å². The van der Waals surface area contributed by atoms with E-state index in [4.69, 9.17) is 22.3 Å². The molecule has 0 radical (unpaired) electrons. The Hall–Kier alpha value is -0.370. The molecular weight excluding hydrogens is 295 g/mol. The summed E-state index contributed by atoms with van der Waals surface area (Å²) in [6.45, 7) is 1.53. The molecule has 16 heavy (non-hydrogen) atoms. The smallest absolute Gasteiger partial charge is 0.245 e. The first-order valence-corrected chi connectivity index (χ1v) is 8.42. The van der Waals surface area contributed by atoms with E-state index in [0.717, 1.165) is 0 Å². The summed E-state index contributed by atoms with van der Waals surface area (Å²) in [5, 5.41) is 0.402. The van der Waals surface area contributed by atoms with Crippen LogP contribution in [0.15, 0.2) is 27.1 Å². The molecular formula is C7H8Cl2N2O3S2. The predicted octanol–water partition coefficient (Wildman–Crippen LogP) is 2.07. The van der Waals surface area contributed by atoms with Crippen LogP contribution < -0.4 is 0 Å². The maximum absolute atomic E-state index is 12.1. The van der Waals surface area contributed by atoms with Crippen LogP contribution in [-0.2, 0) is 19.0 Å². The fourth-order valence-electron chi connectivity index (χ4n) is 0.934. The van der Waals surface area contributed by atoms with Crippen LogP contribution in [0.4, 0.5) is 0 Å². The minimum absolute atomic E-state index is 0.00637. The molecule has 1 atom stereocenters. The van der Waals surface area contributed by atoms with Crippen molar-refractivity contribution in [2.45, 2.75) is 11.9 Å². The van der Waals surface area contributed by atoms with Gasteiger partial charge >= 0.3 is 9.24 Å². The lowest BCUT2D eigenvalue weighted by molar-refractivity contribution is 0.611. The van der Waals surface area contributed by atoms with Crippen LogP contribution in [0.2, 0.25) is 5.02 Å². The van der Waals surface area contributed by atoms with Gasteiger partial charge in [-0.1, -0.05) is 22.3 Å². The molecule has 0 N–H and O–H groups in total. The average molecular weight is 303 g/mol. The van der Waals surface area contributed by atoms with Crippen molar-refractivity contribution in [1.82, 2.24) is 4.98 Å². The number of aromatic nitrogens is 1. The molecule has 0 saturated heterocycles. The van der Waals surface area contributed by atoms with Gasteiger partial charge in [0.2, 0.25) is 0 Å². The Labute approximate surface area is 104 Å².